The molecule has 0 saturated heterocycles. The van der Waals surface area contributed by atoms with Gasteiger partial charge in [0.15, 0.2) is 11.5 Å². The van der Waals surface area contributed by atoms with Gasteiger partial charge in [-0.1, -0.05) is 13.8 Å². The van der Waals surface area contributed by atoms with E-state index < -0.39 is 6.10 Å². The van der Waals surface area contributed by atoms with E-state index in [1.54, 1.807) is 18.2 Å². The highest BCUT2D eigenvalue weighted by Gasteiger charge is 2.13. The minimum absolute atomic E-state index is 0.103. The van der Waals surface area contributed by atoms with Gasteiger partial charge in [0.05, 0.1) is 20.3 Å². The third-order valence-electron chi connectivity index (χ3n) is 2.89. The van der Waals surface area contributed by atoms with Gasteiger partial charge < -0.3 is 19.9 Å². The number of hydrogen-bond acceptors (Lipinski definition) is 4. The molecule has 0 aliphatic carbocycles. The standard InChI is InChI=1S/C14H21NO4/c1-9(2)11(16)8-15-14(17)10-5-6-12(18-3)13(7-10)19-4/h5-7,9,11,16H,8H2,1-4H3,(H,15,17). The van der Waals surface area contributed by atoms with Crippen molar-refractivity contribution in [2.75, 3.05) is 20.8 Å². The van der Waals surface area contributed by atoms with Crippen molar-refractivity contribution in [3.63, 3.8) is 0 Å². The maximum Gasteiger partial charge on any atom is 0.251 e. The number of aliphatic hydroxyl groups is 1. The summed E-state index contributed by atoms with van der Waals surface area (Å²) in [6.07, 6.45) is -0.552. The van der Waals surface area contributed by atoms with Crippen LogP contribution in [0.2, 0.25) is 0 Å². The van der Waals surface area contributed by atoms with Gasteiger partial charge in [0, 0.05) is 12.1 Å². The molecule has 0 spiro atoms. The van der Waals surface area contributed by atoms with Crippen LogP contribution in [0, 0.1) is 5.92 Å². The molecule has 0 aromatic heterocycles. The Hall–Kier alpha value is -1.75. The monoisotopic (exact) mass is 267 g/mol. The number of carbonyl (C=O) groups excluding carboxylic acids is 1. The summed E-state index contributed by atoms with van der Waals surface area (Å²) in [5.41, 5.74) is 0.466. The van der Waals surface area contributed by atoms with Gasteiger partial charge in [0.2, 0.25) is 0 Å². The molecule has 0 aliphatic rings. The normalized spacial score (nSPS) is 12.1. The molecule has 0 bridgehead atoms. The number of nitrogens with one attached hydrogen (secondary N) is 1. The smallest absolute Gasteiger partial charge is 0.251 e. The van der Waals surface area contributed by atoms with Crippen molar-refractivity contribution in [3.8, 4) is 11.5 Å². The highest BCUT2D eigenvalue weighted by atomic mass is 16.5. The van der Waals surface area contributed by atoms with E-state index >= 15 is 0 Å². The fraction of sp³-hybridized carbons (Fsp3) is 0.500. The summed E-state index contributed by atoms with van der Waals surface area (Å²) in [6, 6.07) is 4.93. The topological polar surface area (TPSA) is 67.8 Å². The minimum atomic E-state index is -0.552. The first kappa shape index (κ1) is 15.3. The van der Waals surface area contributed by atoms with Gasteiger partial charge in [0.1, 0.15) is 0 Å². The van der Waals surface area contributed by atoms with Gasteiger partial charge in [-0.2, -0.15) is 0 Å². The van der Waals surface area contributed by atoms with Crippen molar-refractivity contribution in [2.24, 2.45) is 5.92 Å². The largest absolute Gasteiger partial charge is 0.493 e. The molecule has 1 amide bonds. The summed E-state index contributed by atoms with van der Waals surface area (Å²) in [5, 5.41) is 12.3. The lowest BCUT2D eigenvalue weighted by Gasteiger charge is -2.15. The zero-order valence-corrected chi connectivity index (χ0v) is 11.8. The molecule has 1 unspecified atom stereocenters. The van der Waals surface area contributed by atoms with E-state index in [0.29, 0.717) is 17.1 Å². The van der Waals surface area contributed by atoms with E-state index in [-0.39, 0.29) is 18.4 Å². The number of methoxy groups -OCH3 is 2. The maximum atomic E-state index is 11.9. The number of carbonyl (C=O) groups is 1. The Morgan fingerprint density at radius 1 is 1.26 bits per heavy atom. The molecule has 106 valence electrons. The van der Waals surface area contributed by atoms with E-state index in [1.165, 1.54) is 14.2 Å². The molecule has 5 heteroatoms. The van der Waals surface area contributed by atoms with Crippen LogP contribution in [-0.2, 0) is 0 Å². The lowest BCUT2D eigenvalue weighted by molar-refractivity contribution is 0.0871. The number of ether oxygens (including phenoxy) is 2. The zero-order valence-electron chi connectivity index (χ0n) is 11.8. The minimum Gasteiger partial charge on any atom is -0.493 e. The molecule has 1 aromatic rings. The van der Waals surface area contributed by atoms with Gasteiger partial charge >= 0.3 is 0 Å². The Morgan fingerprint density at radius 3 is 2.42 bits per heavy atom. The molecule has 19 heavy (non-hydrogen) atoms. The van der Waals surface area contributed by atoms with Crippen LogP contribution in [0.15, 0.2) is 18.2 Å². The van der Waals surface area contributed by atoms with Gasteiger partial charge in [-0.25, -0.2) is 0 Å². The van der Waals surface area contributed by atoms with Crippen molar-refractivity contribution in [3.05, 3.63) is 23.8 Å². The van der Waals surface area contributed by atoms with Crippen molar-refractivity contribution in [1.82, 2.24) is 5.32 Å². The second-order valence-electron chi connectivity index (χ2n) is 4.59. The first-order chi connectivity index (χ1) is 8.99. The molecular weight excluding hydrogens is 246 g/mol. The van der Waals surface area contributed by atoms with Gasteiger partial charge in [-0.3, -0.25) is 4.79 Å². The molecule has 1 rings (SSSR count). The Labute approximate surface area is 113 Å². The summed E-state index contributed by atoms with van der Waals surface area (Å²) < 4.78 is 10.2. The van der Waals surface area contributed by atoms with Crippen LogP contribution in [0.1, 0.15) is 24.2 Å². The number of hydrogen-bond donors (Lipinski definition) is 2. The first-order valence-corrected chi connectivity index (χ1v) is 6.17. The molecule has 0 saturated carbocycles. The van der Waals surface area contributed by atoms with Crippen molar-refractivity contribution in [2.45, 2.75) is 20.0 Å². The van der Waals surface area contributed by atoms with Crippen molar-refractivity contribution in [1.29, 1.82) is 0 Å². The quantitative estimate of drug-likeness (QED) is 0.818. The van der Waals surface area contributed by atoms with E-state index in [9.17, 15) is 9.90 Å². The van der Waals surface area contributed by atoms with Crippen LogP contribution in [0.25, 0.3) is 0 Å². The molecule has 1 aromatic carbocycles. The van der Waals surface area contributed by atoms with Crippen LogP contribution in [0.5, 0.6) is 11.5 Å². The number of benzene rings is 1. The summed E-state index contributed by atoms with van der Waals surface area (Å²) in [7, 11) is 3.05. The number of rotatable bonds is 6. The lowest BCUT2D eigenvalue weighted by atomic mass is 10.1. The lowest BCUT2D eigenvalue weighted by Crippen LogP contribution is -2.34. The zero-order chi connectivity index (χ0) is 14.4. The second kappa shape index (κ2) is 6.99. The third kappa shape index (κ3) is 4.13. The third-order valence-corrected chi connectivity index (χ3v) is 2.89. The molecule has 2 N–H and O–H groups in total. The van der Waals surface area contributed by atoms with Crippen LogP contribution in [0.3, 0.4) is 0 Å². The highest BCUT2D eigenvalue weighted by molar-refractivity contribution is 5.94. The summed E-state index contributed by atoms with van der Waals surface area (Å²) in [6.45, 7) is 4.02. The van der Waals surface area contributed by atoms with Gasteiger partial charge in [-0.05, 0) is 24.1 Å². The van der Waals surface area contributed by atoms with Crippen LogP contribution in [0.4, 0.5) is 0 Å². The van der Waals surface area contributed by atoms with Crippen molar-refractivity contribution < 1.29 is 19.4 Å². The predicted molar refractivity (Wildman–Crippen MR) is 72.7 cm³/mol. The SMILES string of the molecule is COc1ccc(C(=O)NCC(O)C(C)C)cc1OC. The predicted octanol–water partition coefficient (Wildman–Crippen LogP) is 1.45. The van der Waals surface area contributed by atoms with Crippen LogP contribution >= 0.6 is 0 Å². The number of amides is 1. The Morgan fingerprint density at radius 2 is 1.89 bits per heavy atom. The Balaban J connectivity index is 2.72. The molecular formula is C14H21NO4. The fourth-order valence-corrected chi connectivity index (χ4v) is 1.51. The average Bonchev–Trinajstić information content (AvgIpc) is 2.43. The van der Waals surface area contributed by atoms with Crippen molar-refractivity contribution >= 4 is 5.91 Å². The highest BCUT2D eigenvalue weighted by Crippen LogP contribution is 2.27. The molecule has 5 nitrogen and oxygen atoms in total. The second-order valence-corrected chi connectivity index (χ2v) is 4.59. The van der Waals surface area contributed by atoms with E-state index in [0.717, 1.165) is 0 Å². The van der Waals surface area contributed by atoms with E-state index in [4.69, 9.17) is 9.47 Å². The molecule has 0 aliphatic heterocycles. The molecule has 0 radical (unpaired) electrons. The summed E-state index contributed by atoms with van der Waals surface area (Å²) in [4.78, 5) is 11.9. The molecule has 1 atom stereocenters. The number of aliphatic hydroxyl groups excluding tert-OH is 1. The van der Waals surface area contributed by atoms with Gasteiger partial charge in [0.25, 0.3) is 5.91 Å². The van der Waals surface area contributed by atoms with E-state index in [1.807, 2.05) is 13.8 Å². The summed E-state index contributed by atoms with van der Waals surface area (Å²) in [5.74, 6) is 0.923. The average molecular weight is 267 g/mol. The molecule has 0 heterocycles. The van der Waals surface area contributed by atoms with Crippen LogP contribution in [-0.4, -0.2) is 37.9 Å². The first-order valence-electron chi connectivity index (χ1n) is 6.17. The van der Waals surface area contributed by atoms with Gasteiger partial charge in [-0.15, -0.1) is 0 Å². The fourth-order valence-electron chi connectivity index (χ4n) is 1.51. The Kier molecular flexibility index (Phi) is 5.63. The van der Waals surface area contributed by atoms with E-state index in [2.05, 4.69) is 5.32 Å². The maximum absolute atomic E-state index is 11.9. The van der Waals surface area contributed by atoms with Crippen LogP contribution < -0.4 is 14.8 Å². The summed E-state index contributed by atoms with van der Waals surface area (Å²) >= 11 is 0. The Bertz CT molecular complexity index is 431. The molecule has 0 fully saturated rings.